The highest BCUT2D eigenvalue weighted by Gasteiger charge is 2.45. The average molecular weight is 355 g/mol. The van der Waals surface area contributed by atoms with Gasteiger partial charge in [0, 0.05) is 43.7 Å². The molecule has 4 rings (SSSR count). The zero-order valence-electron chi connectivity index (χ0n) is 14.3. The predicted octanol–water partition coefficient (Wildman–Crippen LogP) is 3.79. The Balaban J connectivity index is 1.29. The summed E-state index contributed by atoms with van der Waals surface area (Å²) in [5, 5.41) is 0.824. The smallest absolute Gasteiger partial charge is 0.226 e. The summed E-state index contributed by atoms with van der Waals surface area (Å²) in [6, 6.07) is 18.4. The molecule has 2 aromatic carbocycles. The molecule has 1 saturated carbocycles. The molecule has 0 radical (unpaired) electrons. The van der Waals surface area contributed by atoms with Crippen LogP contribution in [-0.4, -0.2) is 41.9 Å². The maximum absolute atomic E-state index is 12.7. The predicted molar refractivity (Wildman–Crippen MR) is 101 cm³/mol. The first kappa shape index (κ1) is 16.6. The van der Waals surface area contributed by atoms with Crippen molar-refractivity contribution < 1.29 is 4.79 Å². The van der Waals surface area contributed by atoms with E-state index in [0.29, 0.717) is 11.8 Å². The van der Waals surface area contributed by atoms with E-state index in [0.717, 1.165) is 49.7 Å². The number of carbonyl (C=O) groups is 1. The molecule has 0 unspecified atom stereocenters. The third-order valence-electron chi connectivity index (χ3n) is 5.37. The first-order valence-corrected chi connectivity index (χ1v) is 9.39. The largest absolute Gasteiger partial charge is 0.340 e. The highest BCUT2D eigenvalue weighted by atomic mass is 35.5. The lowest BCUT2D eigenvalue weighted by Crippen LogP contribution is -2.48. The molecule has 2 aliphatic rings. The zero-order valence-corrected chi connectivity index (χ0v) is 15.0. The normalized spacial score (nSPS) is 23.5. The van der Waals surface area contributed by atoms with Crippen LogP contribution in [0.2, 0.25) is 5.02 Å². The number of amides is 1. The van der Waals surface area contributed by atoms with E-state index < -0.39 is 0 Å². The fraction of sp³-hybridized carbons (Fsp3) is 0.381. The van der Waals surface area contributed by atoms with Gasteiger partial charge >= 0.3 is 0 Å². The Morgan fingerprint density at radius 3 is 2.36 bits per heavy atom. The van der Waals surface area contributed by atoms with Crippen molar-refractivity contribution in [3.8, 4) is 0 Å². The quantitative estimate of drug-likeness (QED) is 0.834. The summed E-state index contributed by atoms with van der Waals surface area (Å²) in [5.74, 6) is 0.957. The van der Waals surface area contributed by atoms with Gasteiger partial charge in [0.25, 0.3) is 0 Å². The zero-order chi connectivity index (χ0) is 17.2. The highest BCUT2D eigenvalue weighted by Crippen LogP contribution is 2.48. The summed E-state index contributed by atoms with van der Waals surface area (Å²) in [7, 11) is 0. The molecule has 3 nitrogen and oxygen atoms in total. The minimum absolute atomic E-state index is 0.192. The number of hydrogen-bond acceptors (Lipinski definition) is 2. The fourth-order valence-corrected chi connectivity index (χ4v) is 3.96. The Hall–Kier alpha value is -1.84. The van der Waals surface area contributed by atoms with Gasteiger partial charge in [-0.1, -0.05) is 60.1 Å². The first-order chi connectivity index (χ1) is 12.2. The van der Waals surface area contributed by atoms with Crippen LogP contribution in [0.3, 0.4) is 0 Å². The molecular formula is C21H23ClN2O. The summed E-state index contributed by atoms with van der Waals surface area (Å²) in [6.45, 7) is 4.33. The second-order valence-electron chi connectivity index (χ2n) is 7.05. The van der Waals surface area contributed by atoms with Gasteiger partial charge in [-0.25, -0.2) is 0 Å². The van der Waals surface area contributed by atoms with Gasteiger partial charge in [0.1, 0.15) is 0 Å². The number of rotatable bonds is 4. The molecule has 130 valence electrons. The van der Waals surface area contributed by atoms with Gasteiger partial charge in [0.05, 0.1) is 0 Å². The lowest BCUT2D eigenvalue weighted by molar-refractivity contribution is -0.134. The van der Waals surface area contributed by atoms with E-state index in [2.05, 4.69) is 40.1 Å². The van der Waals surface area contributed by atoms with Crippen LogP contribution in [0.1, 0.15) is 23.5 Å². The molecule has 1 aliphatic carbocycles. The molecule has 2 fully saturated rings. The molecule has 1 saturated heterocycles. The highest BCUT2D eigenvalue weighted by molar-refractivity contribution is 6.31. The molecular weight excluding hydrogens is 332 g/mol. The first-order valence-electron chi connectivity index (χ1n) is 9.02. The maximum atomic E-state index is 12.7. The lowest BCUT2D eigenvalue weighted by atomic mass is 10.1. The molecule has 0 bridgehead atoms. The molecule has 1 amide bonds. The van der Waals surface area contributed by atoms with Crippen molar-refractivity contribution in [2.75, 3.05) is 26.2 Å². The Kier molecular flexibility index (Phi) is 4.78. The van der Waals surface area contributed by atoms with E-state index in [1.54, 1.807) is 0 Å². The van der Waals surface area contributed by atoms with Gasteiger partial charge in [-0.2, -0.15) is 0 Å². The standard InChI is InChI=1S/C21H23ClN2O/c22-20-9-5-4-8-17(20)15-23-10-12-24(13-11-23)21(25)19-14-18(19)16-6-2-1-3-7-16/h1-9,18-19H,10-15H2/t18-,19+/m0/s1. The van der Waals surface area contributed by atoms with Gasteiger partial charge in [-0.15, -0.1) is 0 Å². The average Bonchev–Trinajstić information content (AvgIpc) is 3.45. The Morgan fingerprint density at radius 2 is 1.64 bits per heavy atom. The van der Waals surface area contributed by atoms with Crippen molar-refractivity contribution in [1.29, 1.82) is 0 Å². The number of halogens is 1. The van der Waals surface area contributed by atoms with Crippen LogP contribution in [0.25, 0.3) is 0 Å². The van der Waals surface area contributed by atoms with Crippen LogP contribution >= 0.6 is 11.6 Å². The Bertz CT molecular complexity index is 741. The second-order valence-corrected chi connectivity index (χ2v) is 7.46. The SMILES string of the molecule is O=C([C@@H]1C[C@H]1c1ccccc1)N1CCN(Cc2ccccc2Cl)CC1. The number of carbonyl (C=O) groups excluding carboxylic acids is 1. The van der Waals surface area contributed by atoms with E-state index in [-0.39, 0.29) is 5.92 Å². The fourth-order valence-electron chi connectivity index (χ4n) is 3.76. The van der Waals surface area contributed by atoms with Crippen molar-refractivity contribution in [3.63, 3.8) is 0 Å². The molecule has 0 aromatic heterocycles. The van der Waals surface area contributed by atoms with E-state index in [9.17, 15) is 4.79 Å². The van der Waals surface area contributed by atoms with Crippen LogP contribution in [-0.2, 0) is 11.3 Å². The third kappa shape index (κ3) is 3.73. The van der Waals surface area contributed by atoms with Crippen LogP contribution in [0.15, 0.2) is 54.6 Å². The van der Waals surface area contributed by atoms with Crippen molar-refractivity contribution >= 4 is 17.5 Å². The van der Waals surface area contributed by atoms with Crippen LogP contribution in [0.5, 0.6) is 0 Å². The van der Waals surface area contributed by atoms with Crippen molar-refractivity contribution in [1.82, 2.24) is 9.80 Å². The molecule has 0 spiro atoms. The number of piperazine rings is 1. The summed E-state index contributed by atoms with van der Waals surface area (Å²) in [6.07, 6.45) is 1.00. The minimum Gasteiger partial charge on any atom is -0.340 e. The Morgan fingerprint density at radius 1 is 0.960 bits per heavy atom. The van der Waals surface area contributed by atoms with Gasteiger partial charge in [0.2, 0.25) is 5.91 Å². The second kappa shape index (κ2) is 7.19. The molecule has 1 aliphatic heterocycles. The summed E-state index contributed by atoms with van der Waals surface area (Å²) in [4.78, 5) is 17.2. The topological polar surface area (TPSA) is 23.6 Å². The van der Waals surface area contributed by atoms with Crippen molar-refractivity contribution in [2.45, 2.75) is 18.9 Å². The van der Waals surface area contributed by atoms with Gasteiger partial charge in [-0.3, -0.25) is 9.69 Å². The van der Waals surface area contributed by atoms with E-state index in [1.807, 2.05) is 24.3 Å². The van der Waals surface area contributed by atoms with E-state index >= 15 is 0 Å². The summed E-state index contributed by atoms with van der Waals surface area (Å²) < 4.78 is 0. The third-order valence-corrected chi connectivity index (χ3v) is 5.74. The molecule has 2 aromatic rings. The van der Waals surface area contributed by atoms with Crippen LogP contribution < -0.4 is 0 Å². The molecule has 4 heteroatoms. The van der Waals surface area contributed by atoms with Gasteiger partial charge in [-0.05, 0) is 29.5 Å². The number of hydrogen-bond donors (Lipinski definition) is 0. The van der Waals surface area contributed by atoms with Crippen molar-refractivity contribution in [2.24, 2.45) is 5.92 Å². The molecule has 1 heterocycles. The maximum Gasteiger partial charge on any atom is 0.226 e. The van der Waals surface area contributed by atoms with Gasteiger partial charge in [0.15, 0.2) is 0 Å². The van der Waals surface area contributed by atoms with Gasteiger partial charge < -0.3 is 4.90 Å². The molecule has 25 heavy (non-hydrogen) atoms. The lowest BCUT2D eigenvalue weighted by Gasteiger charge is -2.35. The van der Waals surface area contributed by atoms with Crippen LogP contribution in [0.4, 0.5) is 0 Å². The molecule has 0 N–H and O–H groups in total. The number of benzene rings is 2. The molecule has 2 atom stereocenters. The monoisotopic (exact) mass is 354 g/mol. The van der Waals surface area contributed by atoms with Crippen molar-refractivity contribution in [3.05, 3.63) is 70.7 Å². The summed E-state index contributed by atoms with van der Waals surface area (Å²) >= 11 is 6.26. The van der Waals surface area contributed by atoms with E-state index in [1.165, 1.54) is 5.56 Å². The summed E-state index contributed by atoms with van der Waals surface area (Å²) in [5.41, 5.74) is 2.47. The van der Waals surface area contributed by atoms with Crippen LogP contribution in [0, 0.1) is 5.92 Å². The minimum atomic E-state index is 0.192. The Labute approximate surface area is 154 Å². The van der Waals surface area contributed by atoms with E-state index in [4.69, 9.17) is 11.6 Å². The number of nitrogens with zero attached hydrogens (tertiary/aromatic N) is 2.